The van der Waals surface area contributed by atoms with E-state index in [1.807, 2.05) is 30.3 Å². The lowest BCUT2D eigenvalue weighted by molar-refractivity contribution is 0.102. The maximum atomic E-state index is 13.2. The van der Waals surface area contributed by atoms with Crippen LogP contribution in [0.1, 0.15) is 38.7 Å². The predicted molar refractivity (Wildman–Crippen MR) is 164 cm³/mol. The molecule has 1 atom stereocenters. The molecule has 0 aliphatic carbocycles. The summed E-state index contributed by atoms with van der Waals surface area (Å²) in [5.74, 6) is 1.02. The van der Waals surface area contributed by atoms with Crippen molar-refractivity contribution < 1.29 is 32.2 Å². The van der Waals surface area contributed by atoms with Gasteiger partial charge in [0.05, 0.1) is 39.4 Å². The van der Waals surface area contributed by atoms with Crippen molar-refractivity contribution >= 4 is 15.6 Å². The number of ether oxygens (including phenoxy) is 4. The summed E-state index contributed by atoms with van der Waals surface area (Å²) in [6.07, 6.45) is 0.836. The molecule has 0 bridgehead atoms. The summed E-state index contributed by atoms with van der Waals surface area (Å²) in [5.41, 5.74) is 4.70. The fourth-order valence-electron chi connectivity index (χ4n) is 5.54. The molecule has 4 aromatic carbocycles. The molecule has 5 rings (SSSR count). The van der Waals surface area contributed by atoms with Gasteiger partial charge in [-0.25, -0.2) is 8.42 Å². The lowest BCUT2D eigenvalue weighted by atomic mass is 9.87. The molecule has 0 saturated heterocycles. The molecule has 1 unspecified atom stereocenters. The Labute approximate surface area is 252 Å². The smallest absolute Gasteiger partial charge is 0.185 e. The summed E-state index contributed by atoms with van der Waals surface area (Å²) in [6, 6.07) is 25.8. The second-order valence-electron chi connectivity index (χ2n) is 10.4. The molecule has 0 spiro atoms. The third-order valence-corrected chi connectivity index (χ3v) is 9.38. The molecule has 43 heavy (non-hydrogen) atoms. The van der Waals surface area contributed by atoms with Crippen LogP contribution in [0.2, 0.25) is 0 Å². The van der Waals surface area contributed by atoms with Crippen LogP contribution in [-0.4, -0.2) is 59.8 Å². The zero-order valence-electron chi connectivity index (χ0n) is 24.7. The monoisotopic (exact) mass is 601 g/mol. The van der Waals surface area contributed by atoms with Crippen LogP contribution in [0.4, 0.5) is 0 Å². The Kier molecular flexibility index (Phi) is 9.03. The Morgan fingerprint density at radius 1 is 0.791 bits per heavy atom. The highest BCUT2D eigenvalue weighted by molar-refractivity contribution is 7.92. The van der Waals surface area contributed by atoms with Gasteiger partial charge in [0.25, 0.3) is 0 Å². The molecular formula is C34H35NO7S. The molecule has 224 valence electrons. The van der Waals surface area contributed by atoms with E-state index >= 15 is 0 Å². The van der Waals surface area contributed by atoms with E-state index in [2.05, 4.69) is 29.2 Å². The minimum absolute atomic E-state index is 0.0226. The van der Waals surface area contributed by atoms with Crippen molar-refractivity contribution in [3.05, 3.63) is 113 Å². The quantitative estimate of drug-likeness (QED) is 0.208. The molecule has 0 saturated carbocycles. The summed E-state index contributed by atoms with van der Waals surface area (Å²) < 4.78 is 48.0. The molecule has 0 aromatic heterocycles. The van der Waals surface area contributed by atoms with Crippen molar-refractivity contribution in [2.75, 3.05) is 40.7 Å². The number of hydrogen-bond acceptors (Lipinski definition) is 8. The number of nitrogens with zero attached hydrogens (tertiary/aromatic N) is 1. The van der Waals surface area contributed by atoms with Crippen LogP contribution >= 0.6 is 0 Å². The van der Waals surface area contributed by atoms with Crippen LogP contribution in [0.25, 0.3) is 0 Å². The first-order chi connectivity index (χ1) is 20.8. The summed E-state index contributed by atoms with van der Waals surface area (Å²) in [7, 11) is 2.35. The summed E-state index contributed by atoms with van der Waals surface area (Å²) in [4.78, 5) is 15.4. The average molecular weight is 602 g/mol. The Morgan fingerprint density at radius 2 is 1.42 bits per heavy atom. The summed E-state index contributed by atoms with van der Waals surface area (Å²) >= 11 is 0. The van der Waals surface area contributed by atoms with E-state index in [0.717, 1.165) is 29.7 Å². The van der Waals surface area contributed by atoms with Crippen LogP contribution in [-0.2, 0) is 22.8 Å². The number of methoxy groups -OCH3 is 4. The number of ketones is 1. The second kappa shape index (κ2) is 12.9. The van der Waals surface area contributed by atoms with Gasteiger partial charge in [0, 0.05) is 24.7 Å². The van der Waals surface area contributed by atoms with Gasteiger partial charge in [-0.2, -0.15) is 0 Å². The van der Waals surface area contributed by atoms with E-state index in [-0.39, 0.29) is 16.5 Å². The fourth-order valence-corrected chi connectivity index (χ4v) is 6.77. The van der Waals surface area contributed by atoms with Crippen LogP contribution in [0, 0.1) is 0 Å². The molecule has 4 aromatic rings. The van der Waals surface area contributed by atoms with E-state index < -0.39 is 21.4 Å². The van der Waals surface area contributed by atoms with Crippen LogP contribution in [0.3, 0.4) is 0 Å². The average Bonchev–Trinajstić information content (AvgIpc) is 3.04. The van der Waals surface area contributed by atoms with Crippen molar-refractivity contribution in [3.8, 4) is 23.0 Å². The first-order valence-corrected chi connectivity index (χ1v) is 15.5. The number of Topliss-reactive ketones (excluding diaryl/α,β-unsaturated/α-hetero) is 1. The molecule has 0 amide bonds. The maximum Gasteiger partial charge on any atom is 0.185 e. The van der Waals surface area contributed by atoms with E-state index in [1.54, 1.807) is 32.4 Å². The van der Waals surface area contributed by atoms with Gasteiger partial charge >= 0.3 is 0 Å². The highest BCUT2D eigenvalue weighted by atomic mass is 32.2. The topological polar surface area (TPSA) is 91.4 Å². The van der Waals surface area contributed by atoms with E-state index in [0.29, 0.717) is 29.5 Å². The van der Waals surface area contributed by atoms with Gasteiger partial charge in [0.1, 0.15) is 17.3 Å². The Morgan fingerprint density at radius 3 is 2.02 bits per heavy atom. The fraction of sp³-hybridized carbons (Fsp3) is 0.265. The largest absolute Gasteiger partial charge is 0.497 e. The minimum atomic E-state index is -3.88. The minimum Gasteiger partial charge on any atom is -0.497 e. The van der Waals surface area contributed by atoms with Gasteiger partial charge in [0.15, 0.2) is 27.1 Å². The van der Waals surface area contributed by atoms with Crippen molar-refractivity contribution in [1.82, 2.24) is 4.90 Å². The van der Waals surface area contributed by atoms with Crippen LogP contribution < -0.4 is 18.9 Å². The second-order valence-corrected chi connectivity index (χ2v) is 12.4. The molecule has 9 heteroatoms. The lowest BCUT2D eigenvalue weighted by Gasteiger charge is -2.38. The molecule has 1 aliphatic rings. The van der Waals surface area contributed by atoms with Crippen molar-refractivity contribution in [2.45, 2.75) is 23.9 Å². The number of carbonyl (C=O) groups excluding carboxylic acids is 1. The van der Waals surface area contributed by atoms with Crippen molar-refractivity contribution in [3.63, 3.8) is 0 Å². The van der Waals surface area contributed by atoms with Gasteiger partial charge in [-0.3, -0.25) is 9.69 Å². The zero-order chi connectivity index (χ0) is 30.6. The normalized spacial score (nSPS) is 14.9. The molecular weight excluding hydrogens is 566 g/mol. The molecule has 8 nitrogen and oxygen atoms in total. The summed E-state index contributed by atoms with van der Waals surface area (Å²) in [5, 5.41) is 0. The standard InChI is InChI=1S/C34H35NO7S/c1-39-27-16-26(17-28(19-27)40-2)31(36)22-43(37,38)29-12-10-23(11-13-29)21-35-15-14-25-18-32(41-3)33(42-4)20-30(25)34(35)24-8-6-5-7-9-24/h5-13,16-20,34H,14-15,21-22H2,1-4H3. The van der Waals surface area contributed by atoms with Gasteiger partial charge in [0.2, 0.25) is 0 Å². The first-order valence-electron chi connectivity index (χ1n) is 13.9. The molecule has 0 radical (unpaired) electrons. The van der Waals surface area contributed by atoms with Crippen molar-refractivity contribution in [1.29, 1.82) is 0 Å². The highest BCUT2D eigenvalue weighted by Crippen LogP contribution is 2.41. The Bertz CT molecular complexity index is 1680. The van der Waals surface area contributed by atoms with Crippen LogP contribution in [0.15, 0.2) is 89.8 Å². The van der Waals surface area contributed by atoms with E-state index in [4.69, 9.17) is 18.9 Å². The highest BCUT2D eigenvalue weighted by Gasteiger charge is 2.30. The number of carbonyl (C=O) groups is 1. The van der Waals surface area contributed by atoms with Gasteiger partial charge in [-0.05, 0) is 65.1 Å². The molecule has 1 heterocycles. The van der Waals surface area contributed by atoms with Gasteiger partial charge in [-0.15, -0.1) is 0 Å². The SMILES string of the molecule is COc1cc(OC)cc(C(=O)CS(=O)(=O)c2ccc(CN3CCc4cc(OC)c(OC)cc4C3c3ccccc3)cc2)c1. The zero-order valence-corrected chi connectivity index (χ0v) is 25.5. The molecule has 0 N–H and O–H groups in total. The first kappa shape index (κ1) is 30.1. The third kappa shape index (κ3) is 6.53. The van der Waals surface area contributed by atoms with E-state index in [9.17, 15) is 13.2 Å². The van der Waals surface area contributed by atoms with Crippen molar-refractivity contribution in [2.24, 2.45) is 0 Å². The number of benzene rings is 4. The van der Waals surface area contributed by atoms with Crippen LogP contribution in [0.5, 0.6) is 23.0 Å². The number of hydrogen-bond donors (Lipinski definition) is 0. The Hall–Kier alpha value is -4.34. The molecule has 0 fully saturated rings. The summed E-state index contributed by atoms with van der Waals surface area (Å²) in [6.45, 7) is 1.41. The van der Waals surface area contributed by atoms with E-state index in [1.165, 1.54) is 31.9 Å². The molecule has 1 aliphatic heterocycles. The lowest BCUT2D eigenvalue weighted by Crippen LogP contribution is -2.35. The Balaban J connectivity index is 1.38. The van der Waals surface area contributed by atoms with Gasteiger partial charge in [-0.1, -0.05) is 42.5 Å². The number of fused-ring (bicyclic) bond motifs is 1. The third-order valence-electron chi connectivity index (χ3n) is 7.75. The number of rotatable bonds is 11. The predicted octanol–water partition coefficient (Wildman–Crippen LogP) is 5.53. The van der Waals surface area contributed by atoms with Gasteiger partial charge < -0.3 is 18.9 Å². The maximum absolute atomic E-state index is 13.2. The number of sulfone groups is 1.